The van der Waals surface area contributed by atoms with Crippen LogP contribution in [0.5, 0.6) is 5.75 Å². The smallest absolute Gasteiger partial charge is 0.119 e. The van der Waals surface area contributed by atoms with E-state index in [1.165, 1.54) is 16.4 Å². The predicted octanol–water partition coefficient (Wildman–Crippen LogP) is 6.19. The molecule has 0 saturated carbocycles. The second-order valence-corrected chi connectivity index (χ2v) is 9.07. The van der Waals surface area contributed by atoms with Gasteiger partial charge in [-0.3, -0.25) is 4.99 Å². The molecule has 0 aliphatic heterocycles. The van der Waals surface area contributed by atoms with Crippen LogP contribution in [-0.4, -0.2) is 17.9 Å². The fourth-order valence-electron chi connectivity index (χ4n) is 4.02. The number of benzene rings is 3. The lowest BCUT2D eigenvalue weighted by Gasteiger charge is -2.34. The molecule has 0 aliphatic carbocycles. The Balaban J connectivity index is 2.15. The molecule has 0 radical (unpaired) electrons. The van der Waals surface area contributed by atoms with Crippen LogP contribution in [0.2, 0.25) is 0 Å². The Morgan fingerprint density at radius 1 is 0.897 bits per heavy atom. The largest absolute Gasteiger partial charge is 0.508 e. The maximum absolute atomic E-state index is 10.6. The summed E-state index contributed by atoms with van der Waals surface area (Å²) in [6.07, 6.45) is 1.94. The molecule has 0 fully saturated rings. The summed E-state index contributed by atoms with van der Waals surface area (Å²) in [7, 11) is 2.41. The highest BCUT2D eigenvalue weighted by molar-refractivity contribution is 7.49. The molecule has 0 spiro atoms. The summed E-state index contributed by atoms with van der Waals surface area (Å²) in [6.45, 7) is 6.64. The van der Waals surface area contributed by atoms with Crippen molar-refractivity contribution >= 4 is 19.6 Å². The van der Waals surface area contributed by atoms with E-state index in [-0.39, 0.29) is 5.16 Å². The molecule has 0 amide bonds. The molecule has 150 valence electrons. The van der Waals surface area contributed by atoms with Crippen molar-refractivity contribution in [3.63, 3.8) is 0 Å². The first kappa shape index (κ1) is 21.3. The molecule has 0 aliphatic rings. The molecule has 2 nitrogen and oxygen atoms in total. The van der Waals surface area contributed by atoms with Gasteiger partial charge < -0.3 is 5.11 Å². The third kappa shape index (κ3) is 4.28. The highest BCUT2D eigenvalue weighted by atomic mass is 31.1. The van der Waals surface area contributed by atoms with Gasteiger partial charge in [-0.15, -0.1) is 0 Å². The van der Waals surface area contributed by atoms with Gasteiger partial charge in [0.1, 0.15) is 5.75 Å². The molecule has 3 aromatic carbocycles. The molecule has 0 heterocycles. The van der Waals surface area contributed by atoms with Gasteiger partial charge in [-0.05, 0) is 36.7 Å². The zero-order valence-electron chi connectivity index (χ0n) is 17.7. The predicted molar refractivity (Wildman–Crippen MR) is 127 cm³/mol. The molecule has 1 atom stereocenters. The van der Waals surface area contributed by atoms with Crippen LogP contribution in [0.3, 0.4) is 0 Å². The van der Waals surface area contributed by atoms with E-state index in [1.807, 2.05) is 31.3 Å². The van der Waals surface area contributed by atoms with Gasteiger partial charge in [0.2, 0.25) is 0 Å². The van der Waals surface area contributed by atoms with Crippen molar-refractivity contribution in [1.82, 2.24) is 0 Å². The molecule has 0 saturated heterocycles. The minimum absolute atomic E-state index is 0.0955. The van der Waals surface area contributed by atoms with Crippen molar-refractivity contribution in [2.75, 3.05) is 7.05 Å². The number of rotatable bonds is 7. The summed E-state index contributed by atoms with van der Waals surface area (Å²) in [4.78, 5) is 4.67. The van der Waals surface area contributed by atoms with Crippen LogP contribution < -0.4 is 5.30 Å². The topological polar surface area (TPSA) is 32.6 Å². The molecule has 0 bridgehead atoms. The van der Waals surface area contributed by atoms with Crippen LogP contribution in [0, 0.1) is 6.92 Å². The number of nitrogens with zero attached hydrogens (tertiary/aromatic N) is 1. The van der Waals surface area contributed by atoms with E-state index in [9.17, 15) is 5.11 Å². The van der Waals surface area contributed by atoms with Crippen LogP contribution in [0.15, 0.2) is 77.8 Å². The number of phenolic OH excluding ortho intramolecular Hbond substituents is 1. The zero-order chi connectivity index (χ0) is 20.9. The van der Waals surface area contributed by atoms with E-state index < -0.39 is 0 Å². The van der Waals surface area contributed by atoms with Crippen molar-refractivity contribution in [2.45, 2.75) is 38.8 Å². The Morgan fingerprint density at radius 3 is 2.17 bits per heavy atom. The van der Waals surface area contributed by atoms with E-state index in [0.29, 0.717) is 14.3 Å². The number of phenols is 1. The maximum atomic E-state index is 10.6. The fraction of sp³-hybridized carbons (Fsp3) is 0.269. The van der Waals surface area contributed by atoms with E-state index in [1.54, 1.807) is 0 Å². The minimum atomic E-state index is -0.0955. The van der Waals surface area contributed by atoms with Crippen molar-refractivity contribution < 1.29 is 5.11 Å². The molecule has 3 heteroatoms. The van der Waals surface area contributed by atoms with E-state index in [4.69, 9.17) is 0 Å². The summed E-state index contributed by atoms with van der Waals surface area (Å²) in [5.74, 6) is 0.395. The number of para-hydroxylation sites is 1. The summed E-state index contributed by atoms with van der Waals surface area (Å²) >= 11 is 0. The first-order valence-electron chi connectivity index (χ1n) is 10.2. The lowest BCUT2D eigenvalue weighted by atomic mass is 9.92. The van der Waals surface area contributed by atoms with E-state index >= 15 is 0 Å². The van der Waals surface area contributed by atoms with Crippen LogP contribution >= 0.6 is 8.58 Å². The van der Waals surface area contributed by atoms with Crippen LogP contribution in [0.4, 0.5) is 0 Å². The summed E-state index contributed by atoms with van der Waals surface area (Å²) in [5, 5.41) is 11.9. The van der Waals surface area contributed by atoms with Crippen molar-refractivity contribution in [1.29, 1.82) is 0 Å². The number of hydrogen-bond donors (Lipinski definition) is 1. The summed E-state index contributed by atoms with van der Waals surface area (Å²) in [5.41, 5.74) is 5.67. The van der Waals surface area contributed by atoms with Crippen LogP contribution in [0.1, 0.15) is 48.9 Å². The monoisotopic (exact) mass is 403 g/mol. The van der Waals surface area contributed by atoms with Gasteiger partial charge in [0.05, 0.1) is 5.71 Å². The number of aryl methyl sites for hydroxylation is 1. The lowest BCUT2D eigenvalue weighted by molar-refractivity contribution is 0.448. The van der Waals surface area contributed by atoms with Gasteiger partial charge in [-0.25, -0.2) is 0 Å². The minimum Gasteiger partial charge on any atom is -0.508 e. The van der Waals surface area contributed by atoms with Crippen LogP contribution in [0.25, 0.3) is 0 Å². The quantitative estimate of drug-likeness (QED) is 0.370. The third-order valence-corrected chi connectivity index (χ3v) is 8.16. The third-order valence-electron chi connectivity index (χ3n) is 5.79. The zero-order valence-corrected chi connectivity index (χ0v) is 18.7. The molecule has 3 aromatic rings. The van der Waals surface area contributed by atoms with E-state index in [0.717, 1.165) is 29.7 Å². The van der Waals surface area contributed by atoms with Gasteiger partial charge in [0, 0.05) is 28.9 Å². The second-order valence-electron chi connectivity index (χ2n) is 7.37. The van der Waals surface area contributed by atoms with Crippen molar-refractivity contribution in [3.05, 3.63) is 95.1 Å². The highest BCUT2D eigenvalue weighted by Gasteiger charge is 2.33. The first-order valence-corrected chi connectivity index (χ1v) is 11.2. The Hall–Kier alpha value is -2.44. The highest BCUT2D eigenvalue weighted by Crippen LogP contribution is 2.50. The van der Waals surface area contributed by atoms with Gasteiger partial charge in [0.25, 0.3) is 0 Å². The van der Waals surface area contributed by atoms with Gasteiger partial charge >= 0.3 is 0 Å². The average molecular weight is 404 g/mol. The molecule has 3 rings (SSSR count). The summed E-state index contributed by atoms with van der Waals surface area (Å²) < 4.78 is 0. The second kappa shape index (κ2) is 9.37. The Morgan fingerprint density at radius 2 is 1.55 bits per heavy atom. The van der Waals surface area contributed by atoms with Crippen molar-refractivity contribution in [3.8, 4) is 5.75 Å². The first-order chi connectivity index (χ1) is 14.1. The van der Waals surface area contributed by atoms with Crippen molar-refractivity contribution in [2.24, 2.45) is 4.99 Å². The molecular formula is C26H30NOP. The molecular weight excluding hydrogens is 373 g/mol. The fourth-order valence-corrected chi connectivity index (χ4v) is 5.82. The molecule has 1 N–H and O–H groups in total. The number of aliphatic imine (C=N–C) groups is 1. The van der Waals surface area contributed by atoms with Gasteiger partial charge in [-0.1, -0.05) is 89.2 Å². The Labute approximate surface area is 176 Å². The molecule has 1 unspecified atom stereocenters. The SMILES string of the molecule is CCC(CC)(Pc1c(C)cccc1/C(=N/C)c1ccccc1)c1ccccc1O. The lowest BCUT2D eigenvalue weighted by Crippen LogP contribution is -2.26. The Kier molecular flexibility index (Phi) is 6.87. The number of aromatic hydroxyl groups is 1. The summed E-state index contributed by atoms with van der Waals surface area (Å²) in [6, 6.07) is 24.7. The standard InChI is InChI=1S/C26H30NOP/c1-5-26(6-2,22-17-10-11-18-23(22)28)29-25-19(3)13-12-16-21(25)24(27-4)20-14-8-7-9-15-20/h7-18,28-29H,5-6H2,1-4H3/b27-24+. The normalized spacial score (nSPS) is 12.6. The Bertz CT molecular complexity index is 991. The number of hydrogen-bond acceptors (Lipinski definition) is 2. The maximum Gasteiger partial charge on any atom is 0.119 e. The average Bonchev–Trinajstić information content (AvgIpc) is 2.76. The van der Waals surface area contributed by atoms with Gasteiger partial charge in [-0.2, -0.15) is 0 Å². The van der Waals surface area contributed by atoms with Crippen LogP contribution in [-0.2, 0) is 5.16 Å². The molecule has 29 heavy (non-hydrogen) atoms. The van der Waals surface area contributed by atoms with Gasteiger partial charge in [0.15, 0.2) is 0 Å². The van der Waals surface area contributed by atoms with E-state index in [2.05, 4.69) is 74.3 Å². The molecule has 0 aromatic heterocycles.